The molecule has 0 aliphatic rings. The van der Waals surface area contributed by atoms with Gasteiger partial charge in [0.2, 0.25) is 11.7 Å². The van der Waals surface area contributed by atoms with Crippen molar-refractivity contribution in [3.05, 3.63) is 21.8 Å². The fraction of sp³-hybridized carbons (Fsp3) is 0.455. The molecule has 92 valence electrons. The van der Waals surface area contributed by atoms with Gasteiger partial charge in [-0.05, 0) is 35.5 Å². The Morgan fingerprint density at radius 3 is 3.06 bits per heavy atom. The highest BCUT2D eigenvalue weighted by molar-refractivity contribution is 9.10. The zero-order valence-corrected chi connectivity index (χ0v) is 12.1. The molecule has 0 bridgehead atoms. The Morgan fingerprint density at radius 1 is 1.59 bits per heavy atom. The average Bonchev–Trinajstić information content (AvgIpc) is 2.87. The number of likely N-dealkylation sites (N-methyl/N-ethyl adjacent to an activating group) is 1. The Morgan fingerprint density at radius 2 is 2.41 bits per heavy atom. The molecule has 2 rings (SSSR count). The molecule has 0 aliphatic heterocycles. The smallest absolute Gasteiger partial charge is 0.228 e. The van der Waals surface area contributed by atoms with E-state index >= 15 is 0 Å². The standard InChI is InChI=1S/C11H14BrN3OS/c1-3-13-7(2)4-10-14-11(15-16-10)9-5-8(12)6-17-9/h5-7,13H,3-4H2,1-2H3. The van der Waals surface area contributed by atoms with Gasteiger partial charge in [0.05, 0.1) is 4.88 Å². The third-order valence-electron chi connectivity index (χ3n) is 2.29. The van der Waals surface area contributed by atoms with Gasteiger partial charge >= 0.3 is 0 Å². The number of nitrogens with one attached hydrogen (secondary N) is 1. The van der Waals surface area contributed by atoms with Crippen LogP contribution in [0.3, 0.4) is 0 Å². The molecule has 0 saturated heterocycles. The second-order valence-electron chi connectivity index (χ2n) is 3.80. The molecule has 0 saturated carbocycles. The summed E-state index contributed by atoms with van der Waals surface area (Å²) in [5.41, 5.74) is 0. The maximum atomic E-state index is 5.24. The lowest BCUT2D eigenvalue weighted by atomic mass is 10.2. The molecule has 1 N–H and O–H groups in total. The number of hydrogen-bond acceptors (Lipinski definition) is 5. The molecule has 6 heteroatoms. The average molecular weight is 316 g/mol. The molecule has 0 amide bonds. The largest absolute Gasteiger partial charge is 0.339 e. The minimum absolute atomic E-state index is 0.350. The van der Waals surface area contributed by atoms with E-state index in [1.165, 1.54) is 0 Å². The van der Waals surface area contributed by atoms with Crippen LogP contribution in [0.5, 0.6) is 0 Å². The SMILES string of the molecule is CCNC(C)Cc1nc(-c2cc(Br)cs2)no1. The Labute approximate surface area is 113 Å². The van der Waals surface area contributed by atoms with Crippen molar-refractivity contribution < 1.29 is 4.52 Å². The minimum Gasteiger partial charge on any atom is -0.339 e. The van der Waals surface area contributed by atoms with E-state index in [1.807, 2.05) is 11.4 Å². The van der Waals surface area contributed by atoms with E-state index in [4.69, 9.17) is 4.52 Å². The fourth-order valence-electron chi connectivity index (χ4n) is 1.55. The van der Waals surface area contributed by atoms with Crippen molar-refractivity contribution in [2.24, 2.45) is 0 Å². The van der Waals surface area contributed by atoms with Crippen LogP contribution in [0, 0.1) is 0 Å². The summed E-state index contributed by atoms with van der Waals surface area (Å²) in [7, 11) is 0. The fourth-order valence-corrected chi connectivity index (χ4v) is 2.90. The van der Waals surface area contributed by atoms with Crippen LogP contribution in [0.2, 0.25) is 0 Å². The minimum atomic E-state index is 0.350. The molecule has 4 nitrogen and oxygen atoms in total. The molecule has 0 spiro atoms. The highest BCUT2D eigenvalue weighted by atomic mass is 79.9. The Balaban J connectivity index is 2.05. The summed E-state index contributed by atoms with van der Waals surface area (Å²) in [5, 5.41) is 9.31. The second kappa shape index (κ2) is 5.75. The maximum Gasteiger partial charge on any atom is 0.228 e. The topological polar surface area (TPSA) is 51.0 Å². The summed E-state index contributed by atoms with van der Waals surface area (Å²) in [6.45, 7) is 5.13. The molecular weight excluding hydrogens is 302 g/mol. The lowest BCUT2D eigenvalue weighted by molar-refractivity contribution is 0.363. The number of aromatic nitrogens is 2. The van der Waals surface area contributed by atoms with Gasteiger partial charge in [-0.25, -0.2) is 0 Å². The van der Waals surface area contributed by atoms with Crippen molar-refractivity contribution in [3.63, 3.8) is 0 Å². The van der Waals surface area contributed by atoms with Gasteiger partial charge in [0, 0.05) is 22.3 Å². The summed E-state index contributed by atoms with van der Waals surface area (Å²) < 4.78 is 6.28. The Bertz CT molecular complexity index is 483. The highest BCUT2D eigenvalue weighted by Gasteiger charge is 2.12. The monoisotopic (exact) mass is 315 g/mol. The van der Waals surface area contributed by atoms with E-state index in [-0.39, 0.29) is 0 Å². The van der Waals surface area contributed by atoms with Gasteiger partial charge in [-0.15, -0.1) is 11.3 Å². The molecule has 2 heterocycles. The second-order valence-corrected chi connectivity index (χ2v) is 5.63. The van der Waals surface area contributed by atoms with Crippen LogP contribution in [0.1, 0.15) is 19.7 Å². The van der Waals surface area contributed by atoms with Gasteiger partial charge in [0.15, 0.2) is 0 Å². The van der Waals surface area contributed by atoms with E-state index in [0.717, 1.165) is 22.3 Å². The maximum absolute atomic E-state index is 5.24. The van der Waals surface area contributed by atoms with Gasteiger partial charge < -0.3 is 9.84 Å². The molecule has 1 atom stereocenters. The summed E-state index contributed by atoms with van der Waals surface area (Å²) in [6.07, 6.45) is 0.757. The number of hydrogen-bond donors (Lipinski definition) is 1. The van der Waals surface area contributed by atoms with Crippen molar-refractivity contribution in [2.45, 2.75) is 26.3 Å². The quantitative estimate of drug-likeness (QED) is 0.921. The Kier molecular flexibility index (Phi) is 4.31. The molecule has 1 unspecified atom stereocenters. The first kappa shape index (κ1) is 12.7. The van der Waals surface area contributed by atoms with Gasteiger partial charge in [-0.2, -0.15) is 4.98 Å². The zero-order valence-electron chi connectivity index (χ0n) is 9.74. The van der Waals surface area contributed by atoms with Gasteiger partial charge in [0.25, 0.3) is 0 Å². The van der Waals surface area contributed by atoms with E-state index in [1.54, 1.807) is 11.3 Å². The summed E-state index contributed by atoms with van der Waals surface area (Å²) in [5.74, 6) is 1.34. The number of thiophene rings is 1. The number of nitrogens with zero attached hydrogens (tertiary/aromatic N) is 2. The predicted molar refractivity (Wildman–Crippen MR) is 72.2 cm³/mol. The zero-order chi connectivity index (χ0) is 12.3. The summed E-state index contributed by atoms with van der Waals surface area (Å²) >= 11 is 5.01. The van der Waals surface area contributed by atoms with Crippen LogP contribution in [0.25, 0.3) is 10.7 Å². The van der Waals surface area contributed by atoms with Crippen molar-refractivity contribution in [1.29, 1.82) is 0 Å². The highest BCUT2D eigenvalue weighted by Crippen LogP contribution is 2.27. The van der Waals surface area contributed by atoms with Crippen LogP contribution in [0.4, 0.5) is 0 Å². The molecular formula is C11H14BrN3OS. The lowest BCUT2D eigenvalue weighted by Gasteiger charge is -2.07. The number of rotatable bonds is 5. The normalized spacial score (nSPS) is 12.9. The van der Waals surface area contributed by atoms with Crippen LogP contribution >= 0.6 is 27.3 Å². The van der Waals surface area contributed by atoms with Crippen molar-refractivity contribution in [2.75, 3.05) is 6.54 Å². The third-order valence-corrected chi connectivity index (χ3v) is 3.98. The lowest BCUT2D eigenvalue weighted by Crippen LogP contribution is -2.27. The van der Waals surface area contributed by atoms with Crippen molar-refractivity contribution in [1.82, 2.24) is 15.5 Å². The van der Waals surface area contributed by atoms with Crippen LogP contribution < -0.4 is 5.32 Å². The van der Waals surface area contributed by atoms with Gasteiger partial charge in [0.1, 0.15) is 0 Å². The van der Waals surface area contributed by atoms with E-state index < -0.39 is 0 Å². The summed E-state index contributed by atoms with van der Waals surface area (Å²) in [4.78, 5) is 5.40. The van der Waals surface area contributed by atoms with E-state index in [9.17, 15) is 0 Å². The predicted octanol–water partition coefficient (Wildman–Crippen LogP) is 3.10. The summed E-state index contributed by atoms with van der Waals surface area (Å²) in [6, 6.07) is 2.34. The number of halogens is 1. The van der Waals surface area contributed by atoms with Crippen molar-refractivity contribution >= 4 is 27.3 Å². The molecule has 0 radical (unpaired) electrons. The first-order valence-electron chi connectivity index (χ1n) is 5.49. The first-order chi connectivity index (χ1) is 8.19. The first-order valence-corrected chi connectivity index (χ1v) is 7.16. The molecule has 0 aromatic carbocycles. The van der Waals surface area contributed by atoms with Crippen LogP contribution in [0.15, 0.2) is 20.4 Å². The molecule has 2 aromatic heterocycles. The van der Waals surface area contributed by atoms with Gasteiger partial charge in [-0.1, -0.05) is 12.1 Å². The van der Waals surface area contributed by atoms with Crippen LogP contribution in [-0.4, -0.2) is 22.7 Å². The van der Waals surface area contributed by atoms with Crippen LogP contribution in [-0.2, 0) is 6.42 Å². The van der Waals surface area contributed by atoms with Crippen molar-refractivity contribution in [3.8, 4) is 10.7 Å². The third kappa shape index (κ3) is 3.37. The van der Waals surface area contributed by atoms with E-state index in [0.29, 0.717) is 17.8 Å². The Hall–Kier alpha value is -0.720. The molecule has 17 heavy (non-hydrogen) atoms. The molecule has 0 fully saturated rings. The van der Waals surface area contributed by atoms with Gasteiger partial charge in [-0.3, -0.25) is 0 Å². The van der Waals surface area contributed by atoms with E-state index in [2.05, 4.69) is 45.2 Å². The molecule has 0 aliphatic carbocycles. The molecule has 2 aromatic rings.